The average molecular weight is 373 g/mol. The predicted molar refractivity (Wildman–Crippen MR) is 99.6 cm³/mol. The zero-order valence-corrected chi connectivity index (χ0v) is 15.4. The first kappa shape index (κ1) is 17.8. The lowest BCUT2D eigenvalue weighted by Crippen LogP contribution is -2.45. The highest BCUT2D eigenvalue weighted by molar-refractivity contribution is 7.10. The number of hydrogen-bond donors (Lipinski definition) is 3. The number of carbonyl (C=O) groups excluding carboxylic acids is 2. The molecule has 3 rings (SSSR count). The summed E-state index contributed by atoms with van der Waals surface area (Å²) in [5.41, 5.74) is 1.47. The summed E-state index contributed by atoms with van der Waals surface area (Å²) in [6.07, 6.45) is 0. The molecule has 136 valence electrons. The molecule has 8 heteroatoms. The first-order chi connectivity index (χ1) is 12.5. The second kappa shape index (κ2) is 7.49. The second-order valence-corrected chi connectivity index (χ2v) is 6.59. The Morgan fingerprint density at radius 1 is 1.23 bits per heavy atom. The Labute approximate surface area is 155 Å². The Kier molecular flexibility index (Phi) is 5.13. The summed E-state index contributed by atoms with van der Waals surface area (Å²) >= 11 is 1.48. The Morgan fingerprint density at radius 2 is 2.04 bits per heavy atom. The summed E-state index contributed by atoms with van der Waals surface area (Å²) in [6, 6.07) is 8.06. The molecule has 0 saturated heterocycles. The van der Waals surface area contributed by atoms with Crippen LogP contribution in [-0.4, -0.2) is 26.2 Å². The predicted octanol–water partition coefficient (Wildman–Crippen LogP) is 3.03. The van der Waals surface area contributed by atoms with Crippen LogP contribution in [0.2, 0.25) is 0 Å². The van der Waals surface area contributed by atoms with E-state index in [2.05, 4.69) is 16.0 Å². The lowest BCUT2D eigenvalue weighted by molar-refractivity contribution is -0.113. The summed E-state index contributed by atoms with van der Waals surface area (Å²) in [7, 11) is 3.08. The van der Waals surface area contributed by atoms with E-state index >= 15 is 0 Å². The van der Waals surface area contributed by atoms with Gasteiger partial charge in [-0.2, -0.15) is 0 Å². The first-order valence-electron chi connectivity index (χ1n) is 7.88. The molecule has 0 aliphatic carbocycles. The van der Waals surface area contributed by atoms with Gasteiger partial charge in [-0.15, -0.1) is 11.3 Å². The molecule has 3 amide bonds. The van der Waals surface area contributed by atoms with Crippen LogP contribution in [0.1, 0.15) is 17.8 Å². The van der Waals surface area contributed by atoms with Crippen LogP contribution in [-0.2, 0) is 4.79 Å². The quantitative estimate of drug-likeness (QED) is 0.752. The molecule has 7 nitrogen and oxygen atoms in total. The van der Waals surface area contributed by atoms with Crippen molar-refractivity contribution in [1.82, 2.24) is 10.6 Å². The van der Waals surface area contributed by atoms with Crippen LogP contribution in [0.3, 0.4) is 0 Å². The number of allylic oxidation sites excluding steroid dienone is 1. The number of anilines is 1. The van der Waals surface area contributed by atoms with Gasteiger partial charge in [0.1, 0.15) is 11.5 Å². The van der Waals surface area contributed by atoms with Gasteiger partial charge < -0.3 is 25.4 Å². The number of methoxy groups -OCH3 is 2. The van der Waals surface area contributed by atoms with Crippen molar-refractivity contribution in [3.63, 3.8) is 0 Å². The number of amides is 3. The topological polar surface area (TPSA) is 88.7 Å². The molecule has 1 aliphatic rings. The molecular formula is C18H19N3O4S. The largest absolute Gasteiger partial charge is 0.497 e. The number of ether oxygens (including phenoxy) is 2. The third kappa shape index (κ3) is 3.50. The van der Waals surface area contributed by atoms with Crippen molar-refractivity contribution in [2.75, 3.05) is 19.5 Å². The lowest BCUT2D eigenvalue weighted by atomic mass is 10.0. The molecular weight excluding hydrogens is 354 g/mol. The minimum atomic E-state index is -0.506. The number of thiophene rings is 1. The van der Waals surface area contributed by atoms with Gasteiger partial charge in [0.15, 0.2) is 0 Å². The van der Waals surface area contributed by atoms with Crippen molar-refractivity contribution < 1.29 is 19.1 Å². The zero-order valence-electron chi connectivity index (χ0n) is 14.6. The fourth-order valence-corrected chi connectivity index (χ4v) is 3.54. The molecule has 1 aromatic heterocycles. The smallest absolute Gasteiger partial charge is 0.319 e. The van der Waals surface area contributed by atoms with Crippen molar-refractivity contribution in [1.29, 1.82) is 0 Å². The average Bonchev–Trinajstić information content (AvgIpc) is 3.15. The second-order valence-electron chi connectivity index (χ2n) is 5.61. The number of hydrogen-bond acceptors (Lipinski definition) is 5. The fourth-order valence-electron chi connectivity index (χ4n) is 2.76. The Morgan fingerprint density at radius 3 is 2.69 bits per heavy atom. The van der Waals surface area contributed by atoms with Crippen molar-refractivity contribution in [3.05, 3.63) is 51.9 Å². The molecule has 1 aromatic carbocycles. The fraction of sp³-hybridized carbons (Fsp3) is 0.222. The Balaban J connectivity index is 1.92. The van der Waals surface area contributed by atoms with Gasteiger partial charge in [0.05, 0.1) is 31.5 Å². The summed E-state index contributed by atoms with van der Waals surface area (Å²) < 4.78 is 10.5. The van der Waals surface area contributed by atoms with Crippen molar-refractivity contribution in [2.45, 2.75) is 13.0 Å². The summed E-state index contributed by atoms with van der Waals surface area (Å²) in [4.78, 5) is 25.7. The van der Waals surface area contributed by atoms with Crippen LogP contribution in [0.25, 0.3) is 0 Å². The molecule has 0 radical (unpaired) electrons. The van der Waals surface area contributed by atoms with E-state index in [0.717, 1.165) is 4.88 Å². The van der Waals surface area contributed by atoms with Crippen LogP contribution in [0, 0.1) is 0 Å². The SMILES string of the molecule is COc1ccc(NC(=O)C2=C(C)NC(=O)N[C@@H]2c2cccs2)c(OC)c1. The van der Waals surface area contributed by atoms with Crippen molar-refractivity contribution >= 4 is 29.0 Å². The first-order valence-corrected chi connectivity index (χ1v) is 8.76. The standard InChI is InChI=1S/C18H19N3O4S/c1-10-15(16(21-18(23)19-10)14-5-4-8-26-14)17(22)20-12-7-6-11(24-2)9-13(12)25-3/h4-9,16H,1-3H3,(H,20,22)(H2,19,21,23)/t16-/m1/s1. The van der Waals surface area contributed by atoms with Gasteiger partial charge in [0.2, 0.25) is 0 Å². The van der Waals surface area contributed by atoms with Crippen LogP contribution < -0.4 is 25.4 Å². The van der Waals surface area contributed by atoms with E-state index in [1.807, 2.05) is 17.5 Å². The number of carbonyl (C=O) groups is 2. The molecule has 2 aromatic rings. The molecule has 0 fully saturated rings. The summed E-state index contributed by atoms with van der Waals surface area (Å²) in [5.74, 6) is 0.784. The molecule has 1 aliphatic heterocycles. The molecule has 0 unspecified atom stereocenters. The van der Waals surface area contributed by atoms with Crippen molar-refractivity contribution in [3.8, 4) is 11.5 Å². The van der Waals surface area contributed by atoms with E-state index in [1.165, 1.54) is 18.4 Å². The Bertz CT molecular complexity index is 861. The number of rotatable bonds is 5. The molecule has 26 heavy (non-hydrogen) atoms. The molecule has 0 bridgehead atoms. The van der Waals surface area contributed by atoms with E-state index in [9.17, 15) is 9.59 Å². The molecule has 3 N–H and O–H groups in total. The maximum Gasteiger partial charge on any atom is 0.319 e. The number of nitrogens with one attached hydrogen (secondary N) is 3. The molecule has 1 atom stereocenters. The third-order valence-corrected chi connectivity index (χ3v) is 4.94. The zero-order chi connectivity index (χ0) is 18.7. The van der Waals surface area contributed by atoms with Gasteiger partial charge in [-0.05, 0) is 30.5 Å². The Hall–Kier alpha value is -3.00. The molecule has 2 heterocycles. The van der Waals surface area contributed by atoms with Crippen LogP contribution >= 0.6 is 11.3 Å². The van der Waals surface area contributed by atoms with E-state index in [4.69, 9.17) is 9.47 Å². The van der Waals surface area contributed by atoms with Gasteiger partial charge in [-0.3, -0.25) is 4.79 Å². The highest BCUT2D eigenvalue weighted by atomic mass is 32.1. The minimum absolute atomic E-state index is 0.322. The molecule has 0 spiro atoms. The van der Waals surface area contributed by atoms with Crippen LogP contribution in [0.4, 0.5) is 10.5 Å². The van der Waals surface area contributed by atoms with E-state index in [1.54, 1.807) is 32.2 Å². The van der Waals surface area contributed by atoms with Crippen LogP contribution in [0.15, 0.2) is 47.0 Å². The van der Waals surface area contributed by atoms with Gasteiger partial charge in [-0.25, -0.2) is 4.79 Å². The molecule has 0 saturated carbocycles. The number of benzene rings is 1. The highest BCUT2D eigenvalue weighted by Crippen LogP contribution is 2.33. The van der Waals surface area contributed by atoms with Gasteiger partial charge in [-0.1, -0.05) is 6.07 Å². The van der Waals surface area contributed by atoms with Gasteiger partial charge in [0, 0.05) is 16.6 Å². The summed E-state index contributed by atoms with van der Waals surface area (Å²) in [5, 5.41) is 10.2. The van der Waals surface area contributed by atoms with Gasteiger partial charge >= 0.3 is 6.03 Å². The highest BCUT2D eigenvalue weighted by Gasteiger charge is 2.32. The van der Waals surface area contributed by atoms with Gasteiger partial charge in [0.25, 0.3) is 5.91 Å². The summed E-state index contributed by atoms with van der Waals surface area (Å²) in [6.45, 7) is 1.71. The van der Waals surface area contributed by atoms with E-state index in [0.29, 0.717) is 28.5 Å². The normalized spacial score (nSPS) is 16.6. The monoisotopic (exact) mass is 373 g/mol. The van der Waals surface area contributed by atoms with E-state index < -0.39 is 6.04 Å². The van der Waals surface area contributed by atoms with Crippen LogP contribution in [0.5, 0.6) is 11.5 Å². The maximum absolute atomic E-state index is 13.0. The maximum atomic E-state index is 13.0. The minimum Gasteiger partial charge on any atom is -0.497 e. The lowest BCUT2D eigenvalue weighted by Gasteiger charge is -2.27. The third-order valence-electron chi connectivity index (χ3n) is 4.00. The number of urea groups is 1. The van der Waals surface area contributed by atoms with Crippen molar-refractivity contribution in [2.24, 2.45) is 0 Å². The van der Waals surface area contributed by atoms with E-state index in [-0.39, 0.29) is 11.9 Å².